The molecule has 1 amide bonds. The molecule has 0 unspecified atom stereocenters. The van der Waals surface area contributed by atoms with Crippen molar-refractivity contribution >= 4 is 23.4 Å². The Balaban J connectivity index is 2.51. The van der Waals surface area contributed by atoms with Crippen molar-refractivity contribution in [2.24, 2.45) is 0 Å². The Morgan fingerprint density at radius 2 is 1.35 bits per heavy atom. The molecule has 178 valence electrons. The first kappa shape index (κ1) is 21.9. The minimum absolute atomic E-state index is 0.117. The van der Waals surface area contributed by atoms with Crippen molar-refractivity contribution in [3.05, 3.63) is 29.3 Å². The number of benzene rings is 1. The normalized spacial score (nSPS) is 14.3. The van der Waals surface area contributed by atoms with E-state index in [0.717, 1.165) is 41.4 Å². The highest BCUT2D eigenvalue weighted by Crippen LogP contribution is 2.32. The van der Waals surface area contributed by atoms with E-state index in [0.29, 0.717) is 6.42 Å². The van der Waals surface area contributed by atoms with Crippen molar-refractivity contribution in [3.8, 4) is 0 Å². The van der Waals surface area contributed by atoms with Gasteiger partial charge < -0.3 is 5.32 Å². The van der Waals surface area contributed by atoms with E-state index in [1.807, 2.05) is 18.2 Å². The number of para-hydroxylation sites is 1. The summed E-state index contributed by atoms with van der Waals surface area (Å²) in [6.45, 7) is 10.6. The lowest BCUT2D eigenvalue weighted by atomic mass is 9.92. The Morgan fingerprint density at radius 1 is 0.871 bits per heavy atom. The second-order valence-corrected chi connectivity index (χ2v) is 9.95. The van der Waals surface area contributed by atoms with Crippen LogP contribution in [0.1, 0.15) is 140 Å². The lowest BCUT2D eigenvalue weighted by Crippen LogP contribution is -2.18. The predicted octanol–water partition coefficient (Wildman–Crippen LogP) is 9.31. The van der Waals surface area contributed by atoms with Crippen LogP contribution in [0.2, 0.25) is 0 Å². The summed E-state index contributed by atoms with van der Waals surface area (Å²) < 4.78 is 33.3. The number of thioether (sulfide) groups is 1. The van der Waals surface area contributed by atoms with Gasteiger partial charge in [-0.3, -0.25) is 4.79 Å². The van der Waals surface area contributed by atoms with Crippen LogP contribution in [0.3, 0.4) is 0 Å². The van der Waals surface area contributed by atoms with Crippen LogP contribution >= 0.6 is 11.8 Å². The van der Waals surface area contributed by atoms with Gasteiger partial charge in [-0.15, -0.1) is 0 Å². The maximum absolute atomic E-state index is 12.8. The summed E-state index contributed by atoms with van der Waals surface area (Å²) in [5.41, 5.74) is 0.821. The molecule has 1 aromatic carbocycles. The average molecular weight is 452 g/mol. The molecule has 0 bridgehead atoms. The monoisotopic (exact) mass is 451 g/mol. The molecule has 0 aromatic heterocycles. The molecule has 0 spiro atoms. The zero-order valence-corrected chi connectivity index (χ0v) is 21.5. The third-order valence-corrected chi connectivity index (χ3v) is 6.34. The predicted molar refractivity (Wildman–Crippen MR) is 142 cm³/mol. The van der Waals surface area contributed by atoms with Gasteiger partial charge in [0.1, 0.15) is 0 Å². The first-order valence-electron chi connectivity index (χ1n) is 14.5. The number of nitrogens with one attached hydrogen (secondary N) is 1. The molecular weight excluding hydrogens is 398 g/mol. The number of carbonyl (C=O) groups is 1. The Labute approximate surface area is 203 Å². The minimum atomic E-state index is -2.12. The van der Waals surface area contributed by atoms with Crippen LogP contribution in [0.15, 0.2) is 18.2 Å². The van der Waals surface area contributed by atoms with Gasteiger partial charge in [0.25, 0.3) is 0 Å². The number of amides is 1. The summed E-state index contributed by atoms with van der Waals surface area (Å²) in [5.74, 6) is 0.0919. The van der Waals surface area contributed by atoms with Gasteiger partial charge in [-0.2, -0.15) is 11.8 Å². The van der Waals surface area contributed by atoms with Crippen molar-refractivity contribution < 1.29 is 10.3 Å². The lowest BCUT2D eigenvalue weighted by Gasteiger charge is -2.20. The maximum Gasteiger partial charge on any atom is 0.234 e. The van der Waals surface area contributed by atoms with Gasteiger partial charge in [-0.25, -0.2) is 0 Å². The molecule has 0 fully saturated rings. The van der Waals surface area contributed by atoms with Gasteiger partial charge in [-0.05, 0) is 35.0 Å². The van der Waals surface area contributed by atoms with E-state index in [2.05, 4.69) is 39.9 Å². The first-order chi connectivity index (χ1) is 16.4. The molecule has 31 heavy (non-hydrogen) atoms. The molecule has 0 aliphatic carbocycles. The number of anilines is 1. The summed E-state index contributed by atoms with van der Waals surface area (Å²) in [4.78, 5) is 12.8. The highest BCUT2D eigenvalue weighted by molar-refractivity contribution is 7.99. The Bertz CT molecular complexity index is 726. The van der Waals surface area contributed by atoms with E-state index in [4.69, 9.17) is 5.48 Å². The van der Waals surface area contributed by atoms with Crippen LogP contribution < -0.4 is 5.32 Å². The summed E-state index contributed by atoms with van der Waals surface area (Å²) >= 11 is 0.769. The molecule has 0 atom stereocenters. The van der Waals surface area contributed by atoms with Gasteiger partial charge >= 0.3 is 0 Å². The molecule has 0 saturated carbocycles. The van der Waals surface area contributed by atoms with E-state index in [1.165, 1.54) is 44.9 Å². The molecule has 1 aromatic rings. The Hall–Kier alpha value is -0.960. The molecule has 0 aliphatic heterocycles. The maximum atomic E-state index is 12.8. The van der Waals surface area contributed by atoms with E-state index < -0.39 is 12.1 Å². The number of unbranched alkanes of at least 4 members (excludes halogenated alkanes) is 9. The van der Waals surface area contributed by atoms with Gasteiger partial charge in [0.05, 0.1) is 5.75 Å². The molecule has 0 aliphatic rings. The van der Waals surface area contributed by atoms with E-state index in [1.54, 1.807) is 0 Å². The molecular formula is C28H49NOS. The van der Waals surface area contributed by atoms with Gasteiger partial charge in [0.2, 0.25) is 5.91 Å². The van der Waals surface area contributed by atoms with E-state index in [-0.39, 0.29) is 29.9 Å². The van der Waals surface area contributed by atoms with E-state index >= 15 is 0 Å². The number of hydrogen-bond acceptors (Lipinski definition) is 2. The third-order valence-electron chi connectivity index (χ3n) is 5.64. The molecule has 0 saturated heterocycles. The highest BCUT2D eigenvalue weighted by atomic mass is 32.2. The van der Waals surface area contributed by atoms with Crippen LogP contribution in [0.25, 0.3) is 0 Å². The second kappa shape index (κ2) is 17.6. The minimum Gasteiger partial charge on any atom is -0.325 e. The fourth-order valence-electron chi connectivity index (χ4n) is 3.78. The van der Waals surface area contributed by atoms with Gasteiger partial charge in [-0.1, -0.05) is 123 Å². The molecule has 2 nitrogen and oxygen atoms in total. The summed E-state index contributed by atoms with van der Waals surface area (Å²) in [6.07, 6.45) is 9.80. The molecule has 0 heterocycles. The largest absolute Gasteiger partial charge is 0.325 e. The van der Waals surface area contributed by atoms with Crippen LogP contribution in [0.5, 0.6) is 0 Å². The fourth-order valence-corrected chi connectivity index (χ4v) is 4.25. The van der Waals surface area contributed by atoms with Crippen molar-refractivity contribution in [3.63, 3.8) is 0 Å². The second-order valence-electron chi connectivity index (χ2n) is 9.17. The van der Waals surface area contributed by atoms with Crippen LogP contribution in [0, 0.1) is 0 Å². The van der Waals surface area contributed by atoms with Gasteiger partial charge in [0.15, 0.2) is 0 Å². The number of rotatable bonds is 18. The molecule has 1 rings (SSSR count). The van der Waals surface area contributed by atoms with Gasteiger partial charge in [0, 0.05) is 11.2 Å². The Kier molecular flexibility index (Phi) is 12.4. The topological polar surface area (TPSA) is 29.1 Å². The standard InChI is InChI=1S/C28H49NOS/c1-6-7-8-9-10-11-12-13-14-15-16-17-21-31-22-27(30)29-28-25(23(2)3)19-18-20-26(28)24(4)5/h18-20,23-24H,6-17,21-22H2,1-5H3,(H,29,30)/i17D2,21D2. The van der Waals surface area contributed by atoms with Crippen molar-refractivity contribution in [1.82, 2.24) is 0 Å². The third kappa shape index (κ3) is 12.6. The molecule has 1 N–H and O–H groups in total. The summed E-state index contributed by atoms with van der Waals surface area (Å²) in [7, 11) is 0. The summed E-state index contributed by atoms with van der Waals surface area (Å²) in [5, 5.41) is 3.00. The smallest absolute Gasteiger partial charge is 0.234 e. The van der Waals surface area contributed by atoms with Crippen molar-refractivity contribution in [2.45, 2.75) is 123 Å². The fraction of sp³-hybridized carbons (Fsp3) is 0.750. The average Bonchev–Trinajstić information content (AvgIpc) is 2.78. The van der Waals surface area contributed by atoms with Crippen molar-refractivity contribution in [2.75, 3.05) is 16.8 Å². The van der Waals surface area contributed by atoms with Crippen LogP contribution in [0.4, 0.5) is 5.69 Å². The number of carbonyl (C=O) groups excluding carboxylic acids is 1. The summed E-state index contributed by atoms with van der Waals surface area (Å²) in [6, 6.07) is 6.04. The molecule has 0 radical (unpaired) electrons. The SMILES string of the molecule is [2H]C([2H])(CCCCCCCCCCCC)C([2H])([2H])SCC(=O)Nc1c(C(C)C)cccc1C(C)C. The van der Waals surface area contributed by atoms with Crippen LogP contribution in [-0.4, -0.2) is 17.4 Å². The quantitative estimate of drug-likeness (QED) is 0.225. The number of hydrogen-bond donors (Lipinski definition) is 1. The highest BCUT2D eigenvalue weighted by Gasteiger charge is 2.15. The Morgan fingerprint density at radius 3 is 1.84 bits per heavy atom. The lowest BCUT2D eigenvalue weighted by molar-refractivity contribution is -0.113. The van der Waals surface area contributed by atoms with E-state index in [9.17, 15) is 4.79 Å². The van der Waals surface area contributed by atoms with Crippen LogP contribution in [-0.2, 0) is 4.79 Å². The first-order valence-corrected chi connectivity index (χ1v) is 13.5. The van der Waals surface area contributed by atoms with Crippen molar-refractivity contribution in [1.29, 1.82) is 0 Å². The molecule has 3 heteroatoms. The zero-order valence-electron chi connectivity index (χ0n) is 24.7. The zero-order chi connectivity index (χ0) is 26.5.